The molecule has 0 heterocycles. The van der Waals surface area contributed by atoms with Gasteiger partial charge in [-0.05, 0) is 19.8 Å². The van der Waals surface area contributed by atoms with E-state index in [1.54, 1.807) is 6.92 Å². The zero-order valence-corrected chi connectivity index (χ0v) is 8.55. The highest BCUT2D eigenvalue weighted by molar-refractivity contribution is 4.73. The van der Waals surface area contributed by atoms with Crippen LogP contribution in [-0.4, -0.2) is 36.9 Å². The molecule has 1 rings (SSSR count). The Bertz CT molecular complexity index is 122. The average Bonchev–Trinajstić information content (AvgIpc) is 2.55. The molecule has 0 spiro atoms. The van der Waals surface area contributed by atoms with Crippen LogP contribution in [0.25, 0.3) is 0 Å². The van der Waals surface area contributed by atoms with E-state index in [9.17, 15) is 0 Å². The molecule has 1 aliphatic rings. The Kier molecular flexibility index (Phi) is 5.35. The summed E-state index contributed by atoms with van der Waals surface area (Å²) in [5.74, 6) is 0. The summed E-state index contributed by atoms with van der Waals surface area (Å²) >= 11 is 0. The van der Waals surface area contributed by atoms with E-state index in [-0.39, 0.29) is 6.10 Å². The Morgan fingerprint density at radius 3 is 2.62 bits per heavy atom. The van der Waals surface area contributed by atoms with Gasteiger partial charge in [0.2, 0.25) is 0 Å². The molecule has 3 N–H and O–H groups in total. The van der Waals surface area contributed by atoms with Crippen LogP contribution in [0.2, 0.25) is 0 Å². The minimum Gasteiger partial charge on any atom is -0.392 e. The summed E-state index contributed by atoms with van der Waals surface area (Å²) in [5, 5.41) is 15.7. The van der Waals surface area contributed by atoms with Crippen molar-refractivity contribution in [2.24, 2.45) is 0 Å². The van der Waals surface area contributed by atoms with Gasteiger partial charge >= 0.3 is 0 Å². The van der Waals surface area contributed by atoms with E-state index in [0.717, 1.165) is 19.1 Å². The molecule has 3 heteroatoms. The molecule has 0 radical (unpaired) electrons. The summed E-state index contributed by atoms with van der Waals surface area (Å²) in [7, 11) is 0. The predicted octanol–water partition coefficient (Wildman–Crippen LogP) is 0.489. The Morgan fingerprint density at radius 2 is 2.00 bits per heavy atom. The molecular formula is C10H22N2O. The molecule has 1 fully saturated rings. The lowest BCUT2D eigenvalue weighted by Crippen LogP contribution is -2.35. The number of rotatable bonds is 6. The number of aliphatic hydroxyl groups excluding tert-OH is 1. The van der Waals surface area contributed by atoms with E-state index in [2.05, 4.69) is 10.6 Å². The zero-order chi connectivity index (χ0) is 9.52. The summed E-state index contributed by atoms with van der Waals surface area (Å²) in [5.41, 5.74) is 0. The Morgan fingerprint density at radius 1 is 1.31 bits per heavy atom. The van der Waals surface area contributed by atoms with Crippen molar-refractivity contribution >= 4 is 0 Å². The summed E-state index contributed by atoms with van der Waals surface area (Å²) in [4.78, 5) is 0. The molecule has 0 aliphatic heterocycles. The maximum absolute atomic E-state index is 8.98. The van der Waals surface area contributed by atoms with Crippen LogP contribution in [0.3, 0.4) is 0 Å². The van der Waals surface area contributed by atoms with Crippen LogP contribution in [0, 0.1) is 0 Å². The fraction of sp³-hybridized carbons (Fsp3) is 1.00. The maximum atomic E-state index is 8.98. The predicted molar refractivity (Wildman–Crippen MR) is 54.8 cm³/mol. The number of nitrogens with one attached hydrogen (secondary N) is 2. The molecule has 1 atom stereocenters. The smallest absolute Gasteiger partial charge is 0.0636 e. The van der Waals surface area contributed by atoms with Crippen LogP contribution in [0.5, 0.6) is 0 Å². The first-order valence-corrected chi connectivity index (χ1v) is 5.41. The van der Waals surface area contributed by atoms with Crippen molar-refractivity contribution in [3.8, 4) is 0 Å². The number of hydrogen-bond acceptors (Lipinski definition) is 3. The lowest BCUT2D eigenvalue weighted by Gasteiger charge is -2.12. The summed E-state index contributed by atoms with van der Waals surface area (Å²) < 4.78 is 0. The van der Waals surface area contributed by atoms with E-state index >= 15 is 0 Å². The molecule has 1 saturated carbocycles. The highest BCUT2D eigenvalue weighted by Gasteiger charge is 2.12. The van der Waals surface area contributed by atoms with E-state index in [1.807, 2.05) is 0 Å². The third-order valence-corrected chi connectivity index (χ3v) is 2.53. The third kappa shape index (κ3) is 5.24. The fourth-order valence-electron chi connectivity index (χ4n) is 1.81. The fourth-order valence-corrected chi connectivity index (χ4v) is 1.81. The van der Waals surface area contributed by atoms with Crippen LogP contribution >= 0.6 is 0 Å². The molecule has 3 nitrogen and oxygen atoms in total. The van der Waals surface area contributed by atoms with Gasteiger partial charge < -0.3 is 15.7 Å². The van der Waals surface area contributed by atoms with Gasteiger partial charge in [-0.25, -0.2) is 0 Å². The SMILES string of the molecule is CC(O)CNCCNC1CCCC1. The summed E-state index contributed by atoms with van der Waals surface area (Å²) in [6.45, 7) is 4.49. The second-order valence-corrected chi connectivity index (χ2v) is 3.99. The van der Waals surface area contributed by atoms with E-state index in [1.165, 1.54) is 25.7 Å². The minimum atomic E-state index is -0.230. The highest BCUT2D eigenvalue weighted by atomic mass is 16.3. The standard InChI is InChI=1S/C10H22N2O/c1-9(13)8-11-6-7-12-10-4-2-3-5-10/h9-13H,2-8H2,1H3. The van der Waals surface area contributed by atoms with Crippen LogP contribution < -0.4 is 10.6 Å². The van der Waals surface area contributed by atoms with Crippen molar-refractivity contribution in [3.05, 3.63) is 0 Å². The van der Waals surface area contributed by atoms with Gasteiger partial charge in [-0.3, -0.25) is 0 Å². The largest absolute Gasteiger partial charge is 0.392 e. The van der Waals surface area contributed by atoms with Crippen molar-refractivity contribution in [1.82, 2.24) is 10.6 Å². The Hall–Kier alpha value is -0.120. The zero-order valence-electron chi connectivity index (χ0n) is 8.55. The molecule has 1 unspecified atom stereocenters. The third-order valence-electron chi connectivity index (χ3n) is 2.53. The average molecular weight is 186 g/mol. The molecule has 0 bridgehead atoms. The first-order valence-electron chi connectivity index (χ1n) is 5.41. The second-order valence-electron chi connectivity index (χ2n) is 3.99. The van der Waals surface area contributed by atoms with Gasteiger partial charge in [0.1, 0.15) is 0 Å². The first kappa shape index (κ1) is 11.0. The van der Waals surface area contributed by atoms with Gasteiger partial charge in [0.15, 0.2) is 0 Å². The Labute approximate surface area is 80.9 Å². The van der Waals surface area contributed by atoms with Crippen LogP contribution in [0.15, 0.2) is 0 Å². The highest BCUT2D eigenvalue weighted by Crippen LogP contribution is 2.16. The van der Waals surface area contributed by atoms with E-state index in [4.69, 9.17) is 5.11 Å². The number of aliphatic hydroxyl groups is 1. The molecule has 78 valence electrons. The van der Waals surface area contributed by atoms with Gasteiger partial charge in [0, 0.05) is 25.7 Å². The second kappa shape index (κ2) is 6.35. The summed E-state index contributed by atoms with van der Waals surface area (Å²) in [6.07, 6.45) is 5.23. The normalized spacial score (nSPS) is 20.8. The van der Waals surface area contributed by atoms with Crippen LogP contribution in [0.1, 0.15) is 32.6 Å². The molecule has 0 aromatic carbocycles. The van der Waals surface area contributed by atoms with Crippen molar-refractivity contribution in [2.75, 3.05) is 19.6 Å². The number of hydrogen-bond donors (Lipinski definition) is 3. The molecule has 0 aromatic heterocycles. The quantitative estimate of drug-likeness (QED) is 0.529. The topological polar surface area (TPSA) is 44.3 Å². The molecule has 0 saturated heterocycles. The van der Waals surface area contributed by atoms with Gasteiger partial charge in [-0.2, -0.15) is 0 Å². The van der Waals surface area contributed by atoms with Crippen molar-refractivity contribution in [3.63, 3.8) is 0 Å². The minimum absolute atomic E-state index is 0.230. The molecule has 0 aromatic rings. The maximum Gasteiger partial charge on any atom is 0.0636 e. The Balaban J connectivity index is 1.83. The van der Waals surface area contributed by atoms with Gasteiger partial charge in [-0.1, -0.05) is 12.8 Å². The monoisotopic (exact) mass is 186 g/mol. The molecule has 13 heavy (non-hydrogen) atoms. The summed E-state index contributed by atoms with van der Waals surface area (Å²) in [6, 6.07) is 0.758. The van der Waals surface area contributed by atoms with Crippen molar-refractivity contribution in [1.29, 1.82) is 0 Å². The first-order chi connectivity index (χ1) is 6.29. The van der Waals surface area contributed by atoms with E-state index < -0.39 is 0 Å². The lowest BCUT2D eigenvalue weighted by molar-refractivity contribution is 0.191. The molecule has 0 amide bonds. The molecule has 1 aliphatic carbocycles. The molecular weight excluding hydrogens is 164 g/mol. The lowest BCUT2D eigenvalue weighted by atomic mass is 10.2. The van der Waals surface area contributed by atoms with Gasteiger partial charge in [0.25, 0.3) is 0 Å². The van der Waals surface area contributed by atoms with Gasteiger partial charge in [-0.15, -0.1) is 0 Å². The van der Waals surface area contributed by atoms with Gasteiger partial charge in [0.05, 0.1) is 6.10 Å². The van der Waals surface area contributed by atoms with E-state index in [0.29, 0.717) is 6.54 Å². The van der Waals surface area contributed by atoms with Crippen molar-refractivity contribution in [2.45, 2.75) is 44.8 Å². The van der Waals surface area contributed by atoms with Crippen molar-refractivity contribution < 1.29 is 5.11 Å². The van der Waals surface area contributed by atoms with Crippen LogP contribution in [-0.2, 0) is 0 Å². The van der Waals surface area contributed by atoms with Crippen LogP contribution in [0.4, 0.5) is 0 Å².